The first-order valence-electron chi connectivity index (χ1n) is 3.31. The molecule has 0 heterocycles. The first-order chi connectivity index (χ1) is 4.34. The van der Waals surface area contributed by atoms with Gasteiger partial charge in [-0.2, -0.15) is 4.91 Å². The van der Waals surface area contributed by atoms with Crippen LogP contribution in [0.25, 0.3) is 0 Å². The third kappa shape index (κ3) is 1.65. The van der Waals surface area contributed by atoms with Crippen LogP contribution in [0.2, 0.25) is 0 Å². The molecular weight excluding hydrogens is 138 g/mol. The van der Waals surface area contributed by atoms with Gasteiger partial charge < -0.3 is 0 Å². The van der Waals surface area contributed by atoms with Crippen LogP contribution in [-0.2, 0) is 0 Å². The second-order valence-corrected chi connectivity index (χ2v) is 3.03. The number of hydrogen-bond acceptors (Lipinski definition) is 2. The Morgan fingerprint density at radius 1 is 1.33 bits per heavy atom. The summed E-state index contributed by atoms with van der Waals surface area (Å²) in [5.74, 6) is 0. The number of nitrogens with zero attached hydrogens (tertiary/aromatic N) is 1. The quantitative estimate of drug-likeness (QED) is 0.414. The second-order valence-electron chi connectivity index (χ2n) is 2.47. The van der Waals surface area contributed by atoms with E-state index in [2.05, 4.69) is 5.18 Å². The van der Waals surface area contributed by atoms with Gasteiger partial charge in [0.05, 0.1) is 5.38 Å². The minimum Gasteiger partial charge on any atom is -0.150 e. The van der Waals surface area contributed by atoms with Crippen molar-refractivity contribution in [3.05, 3.63) is 4.91 Å². The third-order valence-corrected chi connectivity index (χ3v) is 2.29. The van der Waals surface area contributed by atoms with Crippen LogP contribution in [0.4, 0.5) is 0 Å². The zero-order valence-corrected chi connectivity index (χ0v) is 5.97. The Hall–Kier alpha value is -0.110. The lowest BCUT2D eigenvalue weighted by molar-refractivity contribution is 0.448. The highest BCUT2D eigenvalue weighted by Crippen LogP contribution is 2.24. The van der Waals surface area contributed by atoms with E-state index in [1.165, 1.54) is 0 Å². The number of nitroso groups, excluding NO2 is 1. The molecule has 2 nitrogen and oxygen atoms in total. The van der Waals surface area contributed by atoms with Gasteiger partial charge in [-0.3, -0.25) is 0 Å². The molecule has 3 heteroatoms. The van der Waals surface area contributed by atoms with E-state index in [1.807, 2.05) is 0 Å². The normalized spacial score (nSPS) is 36.1. The molecule has 9 heavy (non-hydrogen) atoms. The van der Waals surface area contributed by atoms with E-state index in [9.17, 15) is 4.91 Å². The molecule has 1 rings (SSSR count). The first-order valence-corrected chi connectivity index (χ1v) is 3.75. The molecule has 0 aliphatic heterocycles. The predicted molar refractivity (Wildman–Crippen MR) is 37.7 cm³/mol. The maximum Gasteiger partial charge on any atom is 0.108 e. The Morgan fingerprint density at radius 2 is 2.00 bits per heavy atom. The lowest BCUT2D eigenvalue weighted by Crippen LogP contribution is -2.22. The van der Waals surface area contributed by atoms with Gasteiger partial charge in [-0.05, 0) is 12.8 Å². The summed E-state index contributed by atoms with van der Waals surface area (Å²) in [6.07, 6.45) is 4.11. The molecule has 1 saturated carbocycles. The summed E-state index contributed by atoms with van der Waals surface area (Å²) in [4.78, 5) is 10.0. The molecule has 0 amide bonds. The van der Waals surface area contributed by atoms with Crippen LogP contribution in [0.1, 0.15) is 25.7 Å². The lowest BCUT2D eigenvalue weighted by Gasteiger charge is -2.19. The van der Waals surface area contributed by atoms with Crippen LogP contribution in [-0.4, -0.2) is 11.4 Å². The van der Waals surface area contributed by atoms with Crippen molar-refractivity contribution >= 4 is 11.6 Å². The van der Waals surface area contributed by atoms with Crippen LogP contribution in [0.5, 0.6) is 0 Å². The smallest absolute Gasteiger partial charge is 0.108 e. The van der Waals surface area contributed by atoms with E-state index < -0.39 is 0 Å². The molecule has 0 bridgehead atoms. The summed E-state index contributed by atoms with van der Waals surface area (Å²) in [6, 6.07) is -0.111. The summed E-state index contributed by atoms with van der Waals surface area (Å²) >= 11 is 5.79. The molecule has 0 unspecified atom stereocenters. The largest absolute Gasteiger partial charge is 0.150 e. The monoisotopic (exact) mass is 147 g/mol. The standard InChI is InChI=1S/C6H10ClNO/c7-5-3-1-2-4-6(5)8-9/h5-6H,1-4H2/t5-,6-/m1/s1. The predicted octanol–water partition coefficient (Wildman–Crippen LogP) is 2.30. The van der Waals surface area contributed by atoms with Crippen molar-refractivity contribution in [1.29, 1.82) is 0 Å². The molecule has 0 radical (unpaired) electrons. The van der Waals surface area contributed by atoms with E-state index >= 15 is 0 Å². The van der Waals surface area contributed by atoms with Crippen molar-refractivity contribution < 1.29 is 0 Å². The molecule has 0 saturated heterocycles. The maximum atomic E-state index is 10.0. The highest BCUT2D eigenvalue weighted by atomic mass is 35.5. The fraction of sp³-hybridized carbons (Fsp3) is 1.00. The minimum atomic E-state index is -0.111. The lowest BCUT2D eigenvalue weighted by atomic mass is 9.96. The van der Waals surface area contributed by atoms with Crippen LogP contribution >= 0.6 is 11.6 Å². The van der Waals surface area contributed by atoms with Gasteiger partial charge in [0.2, 0.25) is 0 Å². The summed E-state index contributed by atoms with van der Waals surface area (Å²) in [5.41, 5.74) is 0. The average Bonchev–Trinajstić information content (AvgIpc) is 1.89. The zero-order chi connectivity index (χ0) is 6.69. The van der Waals surface area contributed by atoms with Crippen molar-refractivity contribution in [2.75, 3.05) is 0 Å². The van der Waals surface area contributed by atoms with Crippen molar-refractivity contribution in [3.8, 4) is 0 Å². The molecule has 52 valence electrons. The molecular formula is C6H10ClNO. The number of alkyl halides is 1. The molecule has 0 aromatic heterocycles. The van der Waals surface area contributed by atoms with E-state index in [-0.39, 0.29) is 11.4 Å². The highest BCUT2D eigenvalue weighted by Gasteiger charge is 2.23. The first kappa shape index (κ1) is 7.00. The van der Waals surface area contributed by atoms with Gasteiger partial charge in [0.15, 0.2) is 0 Å². The topological polar surface area (TPSA) is 29.4 Å². The van der Waals surface area contributed by atoms with Crippen LogP contribution in [0.3, 0.4) is 0 Å². The molecule has 1 fully saturated rings. The summed E-state index contributed by atoms with van der Waals surface area (Å²) in [5, 5.41) is 2.96. The fourth-order valence-electron chi connectivity index (χ4n) is 1.18. The molecule has 0 spiro atoms. The van der Waals surface area contributed by atoms with Crippen LogP contribution < -0.4 is 0 Å². The molecule has 1 aliphatic carbocycles. The Bertz CT molecular complexity index is 107. The highest BCUT2D eigenvalue weighted by molar-refractivity contribution is 6.21. The third-order valence-electron chi connectivity index (χ3n) is 1.78. The summed E-state index contributed by atoms with van der Waals surface area (Å²) in [6.45, 7) is 0. The van der Waals surface area contributed by atoms with Crippen LogP contribution in [0, 0.1) is 4.91 Å². The zero-order valence-electron chi connectivity index (χ0n) is 5.22. The van der Waals surface area contributed by atoms with Gasteiger partial charge in [0.1, 0.15) is 6.04 Å². The number of hydrogen-bond donors (Lipinski definition) is 0. The Morgan fingerprint density at radius 3 is 2.44 bits per heavy atom. The Balaban J connectivity index is 2.38. The molecule has 0 aromatic rings. The summed E-state index contributed by atoms with van der Waals surface area (Å²) in [7, 11) is 0. The van der Waals surface area contributed by atoms with E-state index in [0.29, 0.717) is 0 Å². The molecule has 0 N–H and O–H groups in total. The van der Waals surface area contributed by atoms with Crippen molar-refractivity contribution in [1.82, 2.24) is 0 Å². The van der Waals surface area contributed by atoms with Crippen molar-refractivity contribution in [3.63, 3.8) is 0 Å². The Labute approximate surface area is 59.6 Å². The number of rotatable bonds is 1. The maximum absolute atomic E-state index is 10.0. The van der Waals surface area contributed by atoms with Crippen molar-refractivity contribution in [2.24, 2.45) is 5.18 Å². The van der Waals surface area contributed by atoms with Gasteiger partial charge in [-0.15, -0.1) is 11.6 Å². The minimum absolute atomic E-state index is 0.0104. The van der Waals surface area contributed by atoms with E-state index in [0.717, 1.165) is 25.7 Å². The van der Waals surface area contributed by atoms with Crippen LogP contribution in [0.15, 0.2) is 5.18 Å². The summed E-state index contributed by atoms with van der Waals surface area (Å²) < 4.78 is 0. The van der Waals surface area contributed by atoms with Gasteiger partial charge in [0, 0.05) is 0 Å². The van der Waals surface area contributed by atoms with Gasteiger partial charge in [-0.25, -0.2) is 0 Å². The van der Waals surface area contributed by atoms with E-state index in [1.54, 1.807) is 0 Å². The second kappa shape index (κ2) is 3.16. The van der Waals surface area contributed by atoms with Gasteiger partial charge in [0.25, 0.3) is 0 Å². The van der Waals surface area contributed by atoms with Crippen molar-refractivity contribution in [2.45, 2.75) is 37.1 Å². The fourth-order valence-corrected chi connectivity index (χ4v) is 1.51. The molecule has 0 aromatic carbocycles. The van der Waals surface area contributed by atoms with Gasteiger partial charge >= 0.3 is 0 Å². The molecule has 1 aliphatic rings. The number of halogens is 1. The Kier molecular flexibility index (Phi) is 2.46. The van der Waals surface area contributed by atoms with Gasteiger partial charge in [-0.1, -0.05) is 18.0 Å². The average molecular weight is 148 g/mol. The SMILES string of the molecule is O=N[C@@H]1CCCC[C@H]1Cl. The molecule has 2 atom stereocenters. The van der Waals surface area contributed by atoms with E-state index in [4.69, 9.17) is 11.6 Å².